The molecule has 0 amide bonds. The molecule has 2 aromatic carbocycles. The average molecular weight is 334 g/mol. The van der Waals surface area contributed by atoms with Crippen LogP contribution in [0.3, 0.4) is 0 Å². The van der Waals surface area contributed by atoms with Crippen LogP contribution in [0.5, 0.6) is 11.5 Å². The summed E-state index contributed by atoms with van der Waals surface area (Å²) in [6.07, 6.45) is 4.05. The zero-order valence-electron chi connectivity index (χ0n) is 14.5. The molecule has 3 rings (SSSR count). The van der Waals surface area contributed by atoms with E-state index in [0.717, 1.165) is 11.3 Å². The number of carbonyl (C=O) groups is 1. The van der Waals surface area contributed by atoms with E-state index in [2.05, 4.69) is 28.8 Å². The number of hydrogen-bond donors (Lipinski definition) is 0. The van der Waals surface area contributed by atoms with Gasteiger partial charge in [-0.15, -0.1) is 0 Å². The SMILES string of the molecule is COc1cc(C=Cc2ccc3ccccc3[n+]2C)ccc1OC(C)=O. The summed E-state index contributed by atoms with van der Waals surface area (Å²) in [5.41, 5.74) is 3.22. The molecule has 0 N–H and O–H groups in total. The maximum absolute atomic E-state index is 11.1. The van der Waals surface area contributed by atoms with Crippen molar-refractivity contribution in [1.29, 1.82) is 0 Å². The van der Waals surface area contributed by atoms with Gasteiger partial charge in [-0.1, -0.05) is 18.2 Å². The van der Waals surface area contributed by atoms with Crippen molar-refractivity contribution in [3.05, 3.63) is 65.9 Å². The summed E-state index contributed by atoms with van der Waals surface area (Å²) in [4.78, 5) is 11.1. The Morgan fingerprint density at radius 3 is 2.56 bits per heavy atom. The Hall–Kier alpha value is -3.14. The van der Waals surface area contributed by atoms with Gasteiger partial charge in [0.15, 0.2) is 11.5 Å². The predicted octanol–water partition coefficient (Wildman–Crippen LogP) is 3.77. The molecule has 4 heteroatoms. The fourth-order valence-corrected chi connectivity index (χ4v) is 2.74. The average Bonchev–Trinajstić information content (AvgIpc) is 2.62. The summed E-state index contributed by atoms with van der Waals surface area (Å²) in [5.74, 6) is 0.577. The van der Waals surface area contributed by atoms with Crippen LogP contribution >= 0.6 is 0 Å². The highest BCUT2D eigenvalue weighted by Gasteiger charge is 2.09. The molecule has 0 aliphatic carbocycles. The topological polar surface area (TPSA) is 39.4 Å². The molecule has 1 heterocycles. The van der Waals surface area contributed by atoms with Crippen LogP contribution in [0.2, 0.25) is 0 Å². The quantitative estimate of drug-likeness (QED) is 0.414. The van der Waals surface area contributed by atoms with E-state index in [0.29, 0.717) is 11.5 Å². The van der Waals surface area contributed by atoms with E-state index in [4.69, 9.17) is 9.47 Å². The summed E-state index contributed by atoms with van der Waals surface area (Å²) in [6, 6.07) is 17.9. The molecule has 0 saturated carbocycles. The van der Waals surface area contributed by atoms with Crippen LogP contribution < -0.4 is 14.0 Å². The lowest BCUT2D eigenvalue weighted by molar-refractivity contribution is -0.646. The first-order valence-electron chi connectivity index (χ1n) is 8.01. The number of aromatic nitrogens is 1. The van der Waals surface area contributed by atoms with Crippen molar-refractivity contribution in [2.75, 3.05) is 7.11 Å². The second-order valence-corrected chi connectivity index (χ2v) is 5.71. The van der Waals surface area contributed by atoms with E-state index in [1.807, 2.05) is 43.5 Å². The lowest BCUT2D eigenvalue weighted by atomic mass is 10.1. The fourth-order valence-electron chi connectivity index (χ4n) is 2.74. The van der Waals surface area contributed by atoms with Crippen molar-refractivity contribution in [2.24, 2.45) is 7.05 Å². The summed E-state index contributed by atoms with van der Waals surface area (Å²) in [5, 5.41) is 1.20. The minimum absolute atomic E-state index is 0.371. The molecule has 0 saturated heterocycles. The summed E-state index contributed by atoms with van der Waals surface area (Å²) >= 11 is 0. The van der Waals surface area contributed by atoms with Crippen molar-refractivity contribution < 1.29 is 18.8 Å². The van der Waals surface area contributed by atoms with Crippen molar-refractivity contribution >= 4 is 29.0 Å². The highest BCUT2D eigenvalue weighted by atomic mass is 16.6. The standard InChI is InChI=1S/C21H20NO3/c1-15(23)25-20-13-9-16(14-21(20)24-3)8-11-18-12-10-17-6-4-5-7-19(17)22(18)2/h4-14H,1-3H3/q+1. The number of rotatable bonds is 4. The molecule has 4 nitrogen and oxygen atoms in total. The molecule has 3 aromatic rings. The molecule has 0 unspecified atom stereocenters. The second kappa shape index (κ2) is 7.18. The smallest absolute Gasteiger partial charge is 0.308 e. The number of methoxy groups -OCH3 is 1. The van der Waals surface area contributed by atoms with Gasteiger partial charge in [-0.25, -0.2) is 0 Å². The van der Waals surface area contributed by atoms with E-state index >= 15 is 0 Å². The maximum atomic E-state index is 11.1. The molecule has 0 radical (unpaired) electrons. The third-order valence-electron chi connectivity index (χ3n) is 4.01. The van der Waals surface area contributed by atoms with Crippen LogP contribution in [0.25, 0.3) is 23.1 Å². The lowest BCUT2D eigenvalue weighted by Crippen LogP contribution is -2.32. The zero-order chi connectivity index (χ0) is 17.8. The van der Waals surface area contributed by atoms with Gasteiger partial charge in [0.05, 0.1) is 7.11 Å². The number of aryl methyl sites for hydroxylation is 1. The largest absolute Gasteiger partial charge is 0.493 e. The monoisotopic (exact) mass is 334 g/mol. The maximum Gasteiger partial charge on any atom is 0.308 e. The number of hydrogen-bond acceptors (Lipinski definition) is 3. The number of pyridine rings is 1. The van der Waals surface area contributed by atoms with Gasteiger partial charge in [-0.05, 0) is 35.9 Å². The van der Waals surface area contributed by atoms with Crippen molar-refractivity contribution in [2.45, 2.75) is 6.92 Å². The number of para-hydroxylation sites is 1. The number of carbonyl (C=O) groups excluding carboxylic acids is 1. The zero-order valence-corrected chi connectivity index (χ0v) is 14.5. The molecule has 0 spiro atoms. The number of esters is 1. The van der Waals surface area contributed by atoms with Gasteiger partial charge in [0.25, 0.3) is 0 Å². The third kappa shape index (κ3) is 3.69. The summed E-state index contributed by atoms with van der Waals surface area (Å²) < 4.78 is 12.6. The highest BCUT2D eigenvalue weighted by molar-refractivity contribution is 5.77. The number of fused-ring (bicyclic) bond motifs is 1. The van der Waals surface area contributed by atoms with Gasteiger partial charge in [-0.2, -0.15) is 4.57 Å². The molecular formula is C21H20NO3+. The first kappa shape index (κ1) is 16.7. The lowest BCUT2D eigenvalue weighted by Gasteiger charge is -2.08. The van der Waals surface area contributed by atoms with Gasteiger partial charge in [0, 0.05) is 30.5 Å². The minimum atomic E-state index is -0.371. The van der Waals surface area contributed by atoms with Crippen molar-refractivity contribution in [1.82, 2.24) is 0 Å². The van der Waals surface area contributed by atoms with E-state index in [1.165, 1.54) is 17.8 Å². The second-order valence-electron chi connectivity index (χ2n) is 5.71. The van der Waals surface area contributed by atoms with Gasteiger partial charge >= 0.3 is 5.97 Å². The first-order chi connectivity index (χ1) is 12.1. The number of benzene rings is 2. The molecule has 25 heavy (non-hydrogen) atoms. The van der Waals surface area contributed by atoms with Crippen molar-refractivity contribution in [3.63, 3.8) is 0 Å². The summed E-state index contributed by atoms with van der Waals surface area (Å²) in [7, 11) is 3.60. The normalized spacial score (nSPS) is 11.0. The van der Waals surface area contributed by atoms with Gasteiger partial charge in [0.2, 0.25) is 11.2 Å². The van der Waals surface area contributed by atoms with E-state index < -0.39 is 0 Å². The molecule has 0 atom stereocenters. The van der Waals surface area contributed by atoms with Crippen LogP contribution in [0.1, 0.15) is 18.2 Å². The molecule has 0 bridgehead atoms. The van der Waals surface area contributed by atoms with Gasteiger partial charge in [0.1, 0.15) is 7.05 Å². The van der Waals surface area contributed by atoms with E-state index in [9.17, 15) is 4.79 Å². The fraction of sp³-hybridized carbons (Fsp3) is 0.143. The van der Waals surface area contributed by atoms with Crippen LogP contribution in [0.15, 0.2) is 54.6 Å². The van der Waals surface area contributed by atoms with E-state index in [-0.39, 0.29) is 5.97 Å². The number of nitrogens with zero attached hydrogens (tertiary/aromatic N) is 1. The third-order valence-corrected chi connectivity index (χ3v) is 4.01. The molecule has 126 valence electrons. The predicted molar refractivity (Wildman–Crippen MR) is 98.4 cm³/mol. The van der Waals surface area contributed by atoms with Crippen molar-refractivity contribution in [3.8, 4) is 11.5 Å². The number of ether oxygens (including phenoxy) is 2. The minimum Gasteiger partial charge on any atom is -0.493 e. The van der Waals surface area contributed by atoms with E-state index in [1.54, 1.807) is 13.2 Å². The van der Waals surface area contributed by atoms with Gasteiger partial charge in [-0.3, -0.25) is 4.79 Å². The van der Waals surface area contributed by atoms with Crippen LogP contribution in [0, 0.1) is 0 Å². The first-order valence-corrected chi connectivity index (χ1v) is 8.01. The highest BCUT2D eigenvalue weighted by Crippen LogP contribution is 2.28. The van der Waals surface area contributed by atoms with Gasteiger partial charge < -0.3 is 9.47 Å². The Bertz CT molecular complexity index is 961. The molecule has 0 aliphatic heterocycles. The Kier molecular flexibility index (Phi) is 4.80. The Balaban J connectivity index is 1.92. The Labute approximate surface area is 146 Å². The van der Waals surface area contributed by atoms with Crippen LogP contribution in [-0.4, -0.2) is 13.1 Å². The Morgan fingerprint density at radius 1 is 1.00 bits per heavy atom. The summed E-state index contributed by atoms with van der Waals surface area (Å²) in [6.45, 7) is 1.37. The molecule has 0 fully saturated rings. The molecule has 0 aliphatic rings. The van der Waals surface area contributed by atoms with Crippen LogP contribution in [-0.2, 0) is 11.8 Å². The Morgan fingerprint density at radius 2 is 1.80 bits per heavy atom. The molecule has 1 aromatic heterocycles. The molecular weight excluding hydrogens is 314 g/mol. The van der Waals surface area contributed by atoms with Crippen LogP contribution in [0.4, 0.5) is 0 Å².